The number of nitrogens with zero attached hydrogens (tertiary/aromatic N) is 2. The van der Waals surface area contributed by atoms with Crippen LogP contribution in [0, 0.1) is 11.6 Å². The average Bonchev–Trinajstić information content (AvgIpc) is 2.73. The third-order valence-corrected chi connectivity index (χ3v) is 5.55. The summed E-state index contributed by atoms with van der Waals surface area (Å²) in [4.78, 5) is 51.6. The van der Waals surface area contributed by atoms with Crippen LogP contribution in [0.1, 0.15) is 50.1 Å². The van der Waals surface area contributed by atoms with Gasteiger partial charge >= 0.3 is 0 Å². The number of hydrogen-bond donors (Lipinski definition) is 1. The van der Waals surface area contributed by atoms with Crippen molar-refractivity contribution < 1.29 is 27.9 Å². The van der Waals surface area contributed by atoms with Crippen molar-refractivity contribution in [3.05, 3.63) is 68.6 Å². The second-order valence-corrected chi connectivity index (χ2v) is 7.50. The van der Waals surface area contributed by atoms with Gasteiger partial charge in [-0.3, -0.25) is 19.2 Å². The molecule has 2 aromatic rings. The Morgan fingerprint density at radius 2 is 2.10 bits per heavy atom. The summed E-state index contributed by atoms with van der Waals surface area (Å²) in [6.45, 7) is 2.18. The number of pyridine rings is 1. The fourth-order valence-electron chi connectivity index (χ4n) is 3.92. The Morgan fingerprint density at radius 3 is 2.81 bits per heavy atom. The van der Waals surface area contributed by atoms with Crippen LogP contribution in [-0.4, -0.2) is 46.4 Å². The number of amides is 2. The zero-order chi connectivity index (χ0) is 22.3. The molecule has 0 spiro atoms. The highest BCUT2D eigenvalue weighted by molar-refractivity contribution is 6.03. The molecule has 162 valence electrons. The fraction of sp³-hybridized carbons (Fsp3) is 0.333. The van der Waals surface area contributed by atoms with E-state index < -0.39 is 40.7 Å². The van der Waals surface area contributed by atoms with Crippen LogP contribution in [0.4, 0.5) is 8.78 Å². The molecule has 1 aromatic carbocycles. The number of nitrogens with one attached hydrogen (secondary N) is 1. The first kappa shape index (κ1) is 20.9. The van der Waals surface area contributed by atoms with Gasteiger partial charge in [-0.25, -0.2) is 8.78 Å². The second-order valence-electron chi connectivity index (χ2n) is 7.50. The second kappa shape index (κ2) is 8.03. The molecular formula is C21H19F2N3O5. The molecule has 0 aliphatic carbocycles. The topological polar surface area (TPSA) is 97.7 Å². The maximum atomic E-state index is 13.8. The first-order valence-corrected chi connectivity index (χ1v) is 9.70. The fourth-order valence-corrected chi connectivity index (χ4v) is 3.92. The number of hydrogen-bond acceptors (Lipinski definition) is 5. The molecule has 1 N–H and O–H groups in total. The van der Waals surface area contributed by atoms with Crippen molar-refractivity contribution in [3.8, 4) is 0 Å². The molecule has 4 rings (SSSR count). The van der Waals surface area contributed by atoms with Crippen molar-refractivity contribution >= 4 is 18.1 Å². The molecule has 2 aliphatic rings. The lowest BCUT2D eigenvalue weighted by Crippen LogP contribution is -2.57. The van der Waals surface area contributed by atoms with Crippen LogP contribution in [0.2, 0.25) is 0 Å². The molecule has 10 heteroatoms. The summed E-state index contributed by atoms with van der Waals surface area (Å²) < 4.78 is 33.9. The van der Waals surface area contributed by atoms with Gasteiger partial charge in [-0.15, -0.1) is 0 Å². The van der Waals surface area contributed by atoms with Crippen molar-refractivity contribution in [1.82, 2.24) is 14.8 Å². The number of benzene rings is 1. The first-order valence-electron chi connectivity index (χ1n) is 9.70. The lowest BCUT2D eigenvalue weighted by atomic mass is 10.0. The molecule has 1 fully saturated rings. The maximum absolute atomic E-state index is 13.8. The summed E-state index contributed by atoms with van der Waals surface area (Å²) >= 11 is 0. The van der Waals surface area contributed by atoms with Crippen LogP contribution in [0.15, 0.2) is 29.2 Å². The van der Waals surface area contributed by atoms with E-state index in [1.165, 1.54) is 21.7 Å². The van der Waals surface area contributed by atoms with Gasteiger partial charge in [0.1, 0.15) is 22.9 Å². The lowest BCUT2D eigenvalue weighted by Gasteiger charge is -2.44. The molecule has 2 aliphatic heterocycles. The molecule has 2 atom stereocenters. The summed E-state index contributed by atoms with van der Waals surface area (Å²) in [5, 5.41) is 2.39. The van der Waals surface area contributed by atoms with Gasteiger partial charge in [0, 0.05) is 30.4 Å². The minimum Gasteiger partial charge on any atom is -0.356 e. The molecule has 3 heterocycles. The van der Waals surface area contributed by atoms with Crippen molar-refractivity contribution in [2.75, 3.05) is 6.61 Å². The van der Waals surface area contributed by atoms with Gasteiger partial charge in [-0.2, -0.15) is 0 Å². The van der Waals surface area contributed by atoms with E-state index in [2.05, 4.69) is 5.32 Å². The molecule has 31 heavy (non-hydrogen) atoms. The molecule has 8 nitrogen and oxygen atoms in total. The normalized spacial score (nSPS) is 20.1. The van der Waals surface area contributed by atoms with Crippen LogP contribution in [0.3, 0.4) is 0 Å². The first-order chi connectivity index (χ1) is 14.8. The van der Waals surface area contributed by atoms with Gasteiger partial charge in [-0.1, -0.05) is 6.07 Å². The number of rotatable bonds is 4. The van der Waals surface area contributed by atoms with Gasteiger partial charge in [0.15, 0.2) is 12.5 Å². The number of fused-ring (bicyclic) bond motifs is 2. The van der Waals surface area contributed by atoms with E-state index in [1.807, 2.05) is 6.92 Å². The van der Waals surface area contributed by atoms with Crippen molar-refractivity contribution in [1.29, 1.82) is 0 Å². The number of aldehydes is 1. The molecule has 2 amide bonds. The van der Waals surface area contributed by atoms with E-state index in [-0.39, 0.29) is 42.2 Å². The van der Waals surface area contributed by atoms with Crippen molar-refractivity contribution in [2.24, 2.45) is 0 Å². The van der Waals surface area contributed by atoms with Crippen LogP contribution >= 0.6 is 0 Å². The number of aromatic nitrogens is 1. The average molecular weight is 431 g/mol. The predicted octanol–water partition coefficient (Wildman–Crippen LogP) is 1.46. The minimum absolute atomic E-state index is 0.0267. The molecule has 0 saturated carbocycles. The SMILES string of the molecule is C[C@@H]1CCO[C@H]2Cn3cc(C(=O)NCc4ccc(F)cc4F)c(=O)c(C=O)c3C(=O)N12. The van der Waals surface area contributed by atoms with Crippen molar-refractivity contribution in [2.45, 2.75) is 38.7 Å². The Labute approximate surface area is 175 Å². The van der Waals surface area contributed by atoms with Crippen LogP contribution in [0.5, 0.6) is 0 Å². The standard InChI is InChI=1S/C21H19F2N3O5/c1-11-4-5-31-17-9-25-8-14(19(28)15(10-27)18(25)21(30)26(11)17)20(29)24-7-12-2-3-13(22)6-16(12)23/h2-3,6,8,10-11,17H,4-5,7,9H2,1H3,(H,24,29)/t11-,17+/m1/s1. The smallest absolute Gasteiger partial charge is 0.273 e. The van der Waals surface area contributed by atoms with Gasteiger partial charge in [0.25, 0.3) is 11.8 Å². The van der Waals surface area contributed by atoms with E-state index in [0.29, 0.717) is 19.1 Å². The zero-order valence-electron chi connectivity index (χ0n) is 16.6. The van der Waals surface area contributed by atoms with Gasteiger partial charge < -0.3 is 19.5 Å². The van der Waals surface area contributed by atoms with Gasteiger partial charge in [0.2, 0.25) is 5.43 Å². The molecule has 1 aromatic heterocycles. The van der Waals surface area contributed by atoms with E-state index in [4.69, 9.17) is 4.74 Å². The highest BCUT2D eigenvalue weighted by Crippen LogP contribution is 2.27. The highest BCUT2D eigenvalue weighted by atomic mass is 19.1. The quantitative estimate of drug-likeness (QED) is 0.740. The number of carbonyl (C=O) groups excluding carboxylic acids is 3. The summed E-state index contributed by atoms with van der Waals surface area (Å²) in [5.41, 5.74) is -1.73. The number of halogens is 2. The molecule has 0 radical (unpaired) electrons. The van der Waals surface area contributed by atoms with E-state index in [1.54, 1.807) is 0 Å². The Bertz CT molecular complexity index is 1150. The summed E-state index contributed by atoms with van der Waals surface area (Å²) in [7, 11) is 0. The van der Waals surface area contributed by atoms with Gasteiger partial charge in [0.05, 0.1) is 18.7 Å². The van der Waals surface area contributed by atoms with E-state index in [9.17, 15) is 28.0 Å². The minimum atomic E-state index is -0.893. The Morgan fingerprint density at radius 1 is 1.32 bits per heavy atom. The Balaban J connectivity index is 1.67. The zero-order valence-corrected chi connectivity index (χ0v) is 16.6. The van der Waals surface area contributed by atoms with Crippen LogP contribution < -0.4 is 10.7 Å². The van der Waals surface area contributed by atoms with Crippen LogP contribution in [0.25, 0.3) is 0 Å². The maximum Gasteiger partial charge on any atom is 0.273 e. The Hall–Kier alpha value is -3.40. The van der Waals surface area contributed by atoms with Crippen LogP contribution in [-0.2, 0) is 17.8 Å². The number of carbonyl (C=O) groups is 3. The van der Waals surface area contributed by atoms with E-state index in [0.717, 1.165) is 6.07 Å². The predicted molar refractivity (Wildman–Crippen MR) is 104 cm³/mol. The van der Waals surface area contributed by atoms with Gasteiger partial charge in [-0.05, 0) is 19.4 Å². The van der Waals surface area contributed by atoms with Crippen molar-refractivity contribution in [3.63, 3.8) is 0 Å². The lowest BCUT2D eigenvalue weighted by molar-refractivity contribution is -0.112. The number of ether oxygens (including phenoxy) is 1. The Kier molecular flexibility index (Phi) is 5.40. The third-order valence-electron chi connectivity index (χ3n) is 5.55. The molecule has 1 saturated heterocycles. The molecular weight excluding hydrogens is 412 g/mol. The third kappa shape index (κ3) is 3.63. The summed E-state index contributed by atoms with van der Waals surface area (Å²) in [5.74, 6) is -2.96. The van der Waals surface area contributed by atoms with E-state index >= 15 is 0 Å². The monoisotopic (exact) mass is 431 g/mol. The summed E-state index contributed by atoms with van der Waals surface area (Å²) in [6, 6.07) is 2.78. The molecule has 0 unspecified atom stereocenters. The highest BCUT2D eigenvalue weighted by Gasteiger charge is 2.40. The largest absolute Gasteiger partial charge is 0.356 e. The molecule has 0 bridgehead atoms. The summed E-state index contributed by atoms with van der Waals surface area (Å²) in [6.07, 6.45) is 1.52.